The molecule has 6 rings (SSSR count). The molecule has 0 fully saturated rings. The highest BCUT2D eigenvalue weighted by molar-refractivity contribution is 6.22. The van der Waals surface area contributed by atoms with Gasteiger partial charge in [0.05, 0.1) is 6.34 Å². The summed E-state index contributed by atoms with van der Waals surface area (Å²) in [4.78, 5) is 4.31. The second-order valence-electron chi connectivity index (χ2n) is 8.91. The summed E-state index contributed by atoms with van der Waals surface area (Å²) in [6, 6.07) is 45.8. The number of rotatable bonds is 5. The average molecular weight is 476 g/mol. The number of amidine groups is 1. The molecule has 0 amide bonds. The van der Waals surface area contributed by atoms with E-state index in [1.807, 2.05) is 30.3 Å². The smallest absolute Gasteiger partial charge is 0.153 e. The SMILES string of the molecule is N=C(/N=C\Nc1ccc2c(-c3ccccc3)c3ccccc3c(-c3ccccc3)c2c1)c1ccccc1. The highest BCUT2D eigenvalue weighted by Crippen LogP contribution is 2.44. The highest BCUT2D eigenvalue weighted by Gasteiger charge is 2.16. The first kappa shape index (κ1) is 22.4. The van der Waals surface area contributed by atoms with Crippen LogP contribution >= 0.6 is 0 Å². The van der Waals surface area contributed by atoms with Gasteiger partial charge in [-0.05, 0) is 55.9 Å². The minimum atomic E-state index is 0.219. The topological polar surface area (TPSA) is 48.2 Å². The largest absolute Gasteiger partial charge is 0.346 e. The van der Waals surface area contributed by atoms with E-state index < -0.39 is 0 Å². The Labute approximate surface area is 216 Å². The zero-order valence-electron chi connectivity index (χ0n) is 20.2. The van der Waals surface area contributed by atoms with Gasteiger partial charge in [-0.3, -0.25) is 5.41 Å². The Morgan fingerprint density at radius 2 is 1.03 bits per heavy atom. The third kappa shape index (κ3) is 4.39. The normalized spacial score (nSPS) is 11.2. The summed E-state index contributed by atoms with van der Waals surface area (Å²) < 4.78 is 0. The van der Waals surface area contributed by atoms with E-state index in [2.05, 4.69) is 113 Å². The van der Waals surface area contributed by atoms with Crippen molar-refractivity contribution in [2.75, 3.05) is 5.32 Å². The number of nitrogens with zero attached hydrogens (tertiary/aromatic N) is 1. The van der Waals surface area contributed by atoms with E-state index in [0.717, 1.165) is 11.3 Å². The van der Waals surface area contributed by atoms with Gasteiger partial charge in [0.2, 0.25) is 0 Å². The molecule has 0 spiro atoms. The molecule has 3 heteroatoms. The summed E-state index contributed by atoms with van der Waals surface area (Å²) in [6.45, 7) is 0. The van der Waals surface area contributed by atoms with E-state index in [1.165, 1.54) is 43.8 Å². The van der Waals surface area contributed by atoms with Crippen LogP contribution in [0.5, 0.6) is 0 Å². The number of nitrogens with one attached hydrogen (secondary N) is 2. The summed E-state index contributed by atoms with van der Waals surface area (Å²) >= 11 is 0. The molecule has 2 N–H and O–H groups in total. The van der Waals surface area contributed by atoms with Gasteiger partial charge >= 0.3 is 0 Å². The van der Waals surface area contributed by atoms with Crippen molar-refractivity contribution in [2.45, 2.75) is 0 Å². The van der Waals surface area contributed by atoms with Crippen molar-refractivity contribution in [3.8, 4) is 22.3 Å². The molecule has 0 unspecified atom stereocenters. The van der Waals surface area contributed by atoms with Crippen LogP contribution in [-0.4, -0.2) is 12.2 Å². The summed E-state index contributed by atoms with van der Waals surface area (Å²) in [5.41, 5.74) is 6.52. The molecule has 0 saturated carbocycles. The van der Waals surface area contributed by atoms with Gasteiger partial charge in [-0.1, -0.05) is 121 Å². The Morgan fingerprint density at radius 1 is 0.541 bits per heavy atom. The molecule has 0 radical (unpaired) electrons. The van der Waals surface area contributed by atoms with Crippen molar-refractivity contribution in [1.82, 2.24) is 0 Å². The summed E-state index contributed by atoms with van der Waals surface area (Å²) in [6.07, 6.45) is 1.60. The molecule has 0 aliphatic carbocycles. The zero-order valence-corrected chi connectivity index (χ0v) is 20.2. The lowest BCUT2D eigenvalue weighted by Crippen LogP contribution is -2.01. The van der Waals surface area contributed by atoms with E-state index in [1.54, 1.807) is 6.34 Å². The number of anilines is 1. The molecular formula is C34H25N3. The highest BCUT2D eigenvalue weighted by atomic mass is 15.0. The van der Waals surface area contributed by atoms with Crippen LogP contribution in [0.1, 0.15) is 5.56 Å². The van der Waals surface area contributed by atoms with Crippen molar-refractivity contribution in [3.05, 3.63) is 139 Å². The van der Waals surface area contributed by atoms with E-state index in [9.17, 15) is 0 Å². The fourth-order valence-corrected chi connectivity index (χ4v) is 4.94. The van der Waals surface area contributed by atoms with Crippen LogP contribution < -0.4 is 5.32 Å². The van der Waals surface area contributed by atoms with Crippen LogP contribution in [0.15, 0.2) is 138 Å². The number of hydrogen-bond donors (Lipinski definition) is 2. The molecule has 6 aromatic carbocycles. The van der Waals surface area contributed by atoms with Crippen molar-refractivity contribution >= 4 is 39.4 Å². The van der Waals surface area contributed by atoms with Gasteiger partial charge in [-0.15, -0.1) is 0 Å². The minimum Gasteiger partial charge on any atom is -0.346 e. The number of benzene rings is 6. The van der Waals surface area contributed by atoms with Crippen molar-refractivity contribution < 1.29 is 0 Å². The maximum atomic E-state index is 8.25. The number of aliphatic imine (C=N–C) groups is 1. The van der Waals surface area contributed by atoms with Crippen LogP contribution in [0.3, 0.4) is 0 Å². The molecule has 3 nitrogen and oxygen atoms in total. The van der Waals surface area contributed by atoms with Crippen LogP contribution in [0.25, 0.3) is 43.8 Å². The van der Waals surface area contributed by atoms with E-state index >= 15 is 0 Å². The van der Waals surface area contributed by atoms with Gasteiger partial charge in [0, 0.05) is 11.3 Å². The average Bonchev–Trinajstić information content (AvgIpc) is 2.97. The van der Waals surface area contributed by atoms with Gasteiger partial charge in [0.15, 0.2) is 5.84 Å². The second-order valence-corrected chi connectivity index (χ2v) is 8.91. The lowest BCUT2D eigenvalue weighted by atomic mass is 9.86. The molecule has 0 atom stereocenters. The molecule has 0 saturated heterocycles. The quantitative estimate of drug-likeness (QED) is 0.146. The third-order valence-corrected chi connectivity index (χ3v) is 6.62. The van der Waals surface area contributed by atoms with Gasteiger partial charge in [-0.25, -0.2) is 4.99 Å². The molecule has 0 bridgehead atoms. The van der Waals surface area contributed by atoms with E-state index in [0.29, 0.717) is 0 Å². The van der Waals surface area contributed by atoms with Gasteiger partial charge < -0.3 is 5.32 Å². The van der Waals surface area contributed by atoms with Crippen LogP contribution in [0, 0.1) is 5.41 Å². The molecule has 0 aromatic heterocycles. The van der Waals surface area contributed by atoms with Crippen LogP contribution in [-0.2, 0) is 0 Å². The molecule has 0 aliphatic rings. The standard InChI is InChI=1S/C34H25N3/c35-34(26-16-8-3-9-17-26)37-23-36-27-20-21-30-31(22-27)33(25-14-6-2-7-15-25)29-19-11-10-18-28(29)32(30)24-12-4-1-5-13-24/h1-23H,(H2,35,36,37). The second kappa shape index (κ2) is 9.92. The van der Waals surface area contributed by atoms with Gasteiger partial charge in [0.1, 0.15) is 0 Å². The summed E-state index contributed by atoms with van der Waals surface area (Å²) in [5.74, 6) is 0.219. The maximum absolute atomic E-state index is 8.25. The first-order valence-corrected chi connectivity index (χ1v) is 12.3. The minimum absolute atomic E-state index is 0.219. The van der Waals surface area contributed by atoms with Gasteiger partial charge in [0.25, 0.3) is 0 Å². The lowest BCUT2D eigenvalue weighted by molar-refractivity contribution is 1.42. The Morgan fingerprint density at radius 3 is 1.62 bits per heavy atom. The lowest BCUT2D eigenvalue weighted by Gasteiger charge is -2.18. The predicted molar refractivity (Wildman–Crippen MR) is 158 cm³/mol. The predicted octanol–water partition coefficient (Wildman–Crippen LogP) is 8.79. The molecule has 37 heavy (non-hydrogen) atoms. The molecule has 0 aliphatic heterocycles. The Bertz CT molecular complexity index is 1740. The Balaban J connectivity index is 1.53. The first-order valence-electron chi connectivity index (χ1n) is 12.3. The summed E-state index contributed by atoms with van der Waals surface area (Å²) in [7, 11) is 0. The van der Waals surface area contributed by atoms with Crippen molar-refractivity contribution in [2.24, 2.45) is 4.99 Å². The third-order valence-electron chi connectivity index (χ3n) is 6.62. The monoisotopic (exact) mass is 475 g/mol. The van der Waals surface area contributed by atoms with Crippen LogP contribution in [0.4, 0.5) is 5.69 Å². The van der Waals surface area contributed by atoms with Crippen LogP contribution in [0.2, 0.25) is 0 Å². The van der Waals surface area contributed by atoms with E-state index in [4.69, 9.17) is 5.41 Å². The summed E-state index contributed by atoms with van der Waals surface area (Å²) in [5, 5.41) is 16.4. The van der Waals surface area contributed by atoms with Crippen molar-refractivity contribution in [3.63, 3.8) is 0 Å². The fraction of sp³-hybridized carbons (Fsp3) is 0. The maximum Gasteiger partial charge on any atom is 0.153 e. The molecule has 176 valence electrons. The Hall–Kier alpha value is -5.02. The Kier molecular flexibility index (Phi) is 6.02. The zero-order chi connectivity index (χ0) is 25.0. The van der Waals surface area contributed by atoms with Crippen molar-refractivity contribution in [1.29, 1.82) is 5.41 Å². The fourth-order valence-electron chi connectivity index (χ4n) is 4.94. The van der Waals surface area contributed by atoms with E-state index in [-0.39, 0.29) is 5.84 Å². The molecule has 6 aromatic rings. The molecular weight excluding hydrogens is 450 g/mol. The van der Waals surface area contributed by atoms with Gasteiger partial charge in [-0.2, -0.15) is 0 Å². The molecule has 0 heterocycles. The number of hydrogen-bond acceptors (Lipinski definition) is 1. The number of fused-ring (bicyclic) bond motifs is 2. The first-order chi connectivity index (χ1) is 18.3.